The fourth-order valence-electron chi connectivity index (χ4n) is 1.43. The lowest BCUT2D eigenvalue weighted by Gasteiger charge is -2.08. The molecule has 10 heavy (non-hydrogen) atoms. The number of nitrogens with one attached hydrogen (secondary N) is 1. The van der Waals surface area contributed by atoms with Gasteiger partial charge in [-0.3, -0.25) is 4.79 Å². The maximum atomic E-state index is 10.6. The van der Waals surface area contributed by atoms with Crippen molar-refractivity contribution < 1.29 is 4.79 Å². The largest absolute Gasteiger partial charge is 0.354 e. The van der Waals surface area contributed by atoms with Crippen LogP contribution in [-0.2, 0) is 4.79 Å². The Kier molecular flexibility index (Phi) is 2.27. The van der Waals surface area contributed by atoms with E-state index in [-0.39, 0.29) is 5.91 Å². The van der Waals surface area contributed by atoms with Gasteiger partial charge in [-0.05, 0) is 19.3 Å². The molecular weight excluding hydrogens is 128 g/mol. The molecule has 0 aliphatic heterocycles. The van der Waals surface area contributed by atoms with Crippen LogP contribution in [0.4, 0.5) is 0 Å². The molecule has 0 aromatic carbocycles. The van der Waals surface area contributed by atoms with Gasteiger partial charge in [0.15, 0.2) is 0 Å². The number of hydrogen-bond donors (Lipinski definition) is 2. The summed E-state index contributed by atoms with van der Waals surface area (Å²) in [4.78, 5) is 10.6. The molecule has 3 nitrogen and oxygen atoms in total. The molecule has 3 N–H and O–H groups in total. The van der Waals surface area contributed by atoms with Crippen LogP contribution in [0.15, 0.2) is 0 Å². The van der Waals surface area contributed by atoms with Crippen LogP contribution in [0, 0.1) is 0 Å². The molecule has 3 heteroatoms. The maximum Gasteiger partial charge on any atom is 0.217 e. The van der Waals surface area contributed by atoms with Crippen LogP contribution in [0.1, 0.15) is 26.2 Å². The number of rotatable bonds is 1. The highest BCUT2D eigenvalue weighted by molar-refractivity contribution is 5.73. The SMILES string of the molecule is CC(=O)N[C@H]1CC[C@H](N)C1. The van der Waals surface area contributed by atoms with Crippen LogP contribution in [0.3, 0.4) is 0 Å². The summed E-state index contributed by atoms with van der Waals surface area (Å²) in [5.41, 5.74) is 5.65. The molecule has 0 bridgehead atoms. The summed E-state index contributed by atoms with van der Waals surface area (Å²) in [5, 5.41) is 2.85. The third-order valence-electron chi connectivity index (χ3n) is 1.88. The van der Waals surface area contributed by atoms with Crippen molar-refractivity contribution in [2.24, 2.45) is 5.73 Å². The molecule has 1 fully saturated rings. The number of carbonyl (C=O) groups excluding carboxylic acids is 1. The molecule has 0 aromatic heterocycles. The molecular formula is C7H14N2O. The van der Waals surface area contributed by atoms with E-state index in [0.717, 1.165) is 19.3 Å². The normalized spacial score (nSPS) is 32.2. The van der Waals surface area contributed by atoms with Crippen molar-refractivity contribution in [2.45, 2.75) is 38.3 Å². The highest BCUT2D eigenvalue weighted by Gasteiger charge is 2.21. The standard InChI is InChI=1S/C7H14N2O/c1-5(10)9-7-3-2-6(8)4-7/h6-7H,2-4,8H2,1H3,(H,9,10)/t6-,7-/m0/s1. The first-order valence-electron chi connectivity index (χ1n) is 3.71. The van der Waals surface area contributed by atoms with E-state index >= 15 is 0 Å². The monoisotopic (exact) mass is 142 g/mol. The van der Waals surface area contributed by atoms with Gasteiger partial charge in [-0.2, -0.15) is 0 Å². The Bertz CT molecular complexity index is 136. The Balaban J connectivity index is 2.24. The Labute approximate surface area is 61.0 Å². The van der Waals surface area contributed by atoms with Gasteiger partial charge in [-0.25, -0.2) is 0 Å². The molecule has 1 aliphatic carbocycles. The second-order valence-electron chi connectivity index (χ2n) is 2.97. The van der Waals surface area contributed by atoms with Crippen molar-refractivity contribution in [3.8, 4) is 0 Å². The Morgan fingerprint density at radius 3 is 2.70 bits per heavy atom. The van der Waals surface area contributed by atoms with Crippen molar-refractivity contribution in [1.82, 2.24) is 5.32 Å². The van der Waals surface area contributed by atoms with Gasteiger partial charge >= 0.3 is 0 Å². The highest BCUT2D eigenvalue weighted by atomic mass is 16.1. The van der Waals surface area contributed by atoms with E-state index < -0.39 is 0 Å². The summed E-state index contributed by atoms with van der Waals surface area (Å²) in [6.07, 6.45) is 3.03. The summed E-state index contributed by atoms with van der Waals surface area (Å²) in [6, 6.07) is 0.643. The quantitative estimate of drug-likeness (QED) is 0.541. The first-order valence-corrected chi connectivity index (χ1v) is 3.71. The zero-order valence-corrected chi connectivity index (χ0v) is 6.26. The Morgan fingerprint density at radius 1 is 1.60 bits per heavy atom. The van der Waals surface area contributed by atoms with Crippen molar-refractivity contribution in [2.75, 3.05) is 0 Å². The van der Waals surface area contributed by atoms with Crippen LogP contribution in [0.5, 0.6) is 0 Å². The summed E-state index contributed by atoms with van der Waals surface area (Å²) in [6.45, 7) is 1.55. The molecule has 0 heterocycles. The minimum atomic E-state index is 0.0547. The summed E-state index contributed by atoms with van der Waals surface area (Å²) in [5.74, 6) is 0.0547. The van der Waals surface area contributed by atoms with E-state index in [9.17, 15) is 4.79 Å². The van der Waals surface area contributed by atoms with Crippen LogP contribution in [0.25, 0.3) is 0 Å². The van der Waals surface area contributed by atoms with Gasteiger partial charge in [0.2, 0.25) is 5.91 Å². The molecule has 1 aliphatic rings. The minimum Gasteiger partial charge on any atom is -0.354 e. The molecule has 58 valence electrons. The van der Waals surface area contributed by atoms with Gasteiger partial charge < -0.3 is 11.1 Å². The second-order valence-corrected chi connectivity index (χ2v) is 2.97. The average molecular weight is 142 g/mol. The van der Waals surface area contributed by atoms with Crippen molar-refractivity contribution >= 4 is 5.91 Å². The predicted octanol–water partition coefficient (Wildman–Crippen LogP) is 0.00230. The van der Waals surface area contributed by atoms with E-state index in [0.29, 0.717) is 12.1 Å². The van der Waals surface area contributed by atoms with Gasteiger partial charge in [-0.1, -0.05) is 0 Å². The molecule has 0 radical (unpaired) electrons. The van der Waals surface area contributed by atoms with Gasteiger partial charge in [-0.15, -0.1) is 0 Å². The molecule has 1 saturated carbocycles. The number of amides is 1. The third-order valence-corrected chi connectivity index (χ3v) is 1.88. The molecule has 0 spiro atoms. The van der Waals surface area contributed by atoms with E-state index in [1.165, 1.54) is 0 Å². The van der Waals surface area contributed by atoms with Crippen LogP contribution in [0.2, 0.25) is 0 Å². The molecule has 1 rings (SSSR count). The van der Waals surface area contributed by atoms with E-state index in [1.807, 2.05) is 0 Å². The van der Waals surface area contributed by atoms with Gasteiger partial charge in [0, 0.05) is 19.0 Å². The van der Waals surface area contributed by atoms with Crippen LogP contribution < -0.4 is 11.1 Å². The number of carbonyl (C=O) groups is 1. The van der Waals surface area contributed by atoms with Crippen molar-refractivity contribution in [3.63, 3.8) is 0 Å². The smallest absolute Gasteiger partial charge is 0.217 e. The number of nitrogens with two attached hydrogens (primary N) is 1. The van der Waals surface area contributed by atoms with Gasteiger partial charge in [0.1, 0.15) is 0 Å². The predicted molar refractivity (Wildman–Crippen MR) is 39.4 cm³/mol. The van der Waals surface area contributed by atoms with Crippen molar-refractivity contribution in [1.29, 1.82) is 0 Å². The average Bonchev–Trinajstić information content (AvgIpc) is 2.13. The zero-order chi connectivity index (χ0) is 7.56. The van der Waals surface area contributed by atoms with Crippen molar-refractivity contribution in [3.05, 3.63) is 0 Å². The summed E-state index contributed by atoms with van der Waals surface area (Å²) in [7, 11) is 0. The summed E-state index contributed by atoms with van der Waals surface area (Å²) >= 11 is 0. The fourth-order valence-corrected chi connectivity index (χ4v) is 1.43. The highest BCUT2D eigenvalue weighted by Crippen LogP contribution is 2.16. The number of hydrogen-bond acceptors (Lipinski definition) is 2. The third kappa shape index (κ3) is 1.99. The first-order chi connectivity index (χ1) is 4.68. The summed E-state index contributed by atoms with van der Waals surface area (Å²) < 4.78 is 0. The van der Waals surface area contributed by atoms with E-state index in [1.54, 1.807) is 6.92 Å². The Hall–Kier alpha value is -0.570. The molecule has 2 atom stereocenters. The first kappa shape index (κ1) is 7.54. The van der Waals surface area contributed by atoms with E-state index in [4.69, 9.17) is 5.73 Å². The molecule has 0 aromatic rings. The second kappa shape index (κ2) is 3.01. The van der Waals surface area contributed by atoms with Crippen LogP contribution >= 0.6 is 0 Å². The molecule has 1 amide bonds. The zero-order valence-electron chi connectivity index (χ0n) is 6.26. The lowest BCUT2D eigenvalue weighted by molar-refractivity contribution is -0.119. The lowest BCUT2D eigenvalue weighted by atomic mass is 10.2. The van der Waals surface area contributed by atoms with Gasteiger partial charge in [0.05, 0.1) is 0 Å². The minimum absolute atomic E-state index is 0.0547. The van der Waals surface area contributed by atoms with Crippen LogP contribution in [-0.4, -0.2) is 18.0 Å². The van der Waals surface area contributed by atoms with Gasteiger partial charge in [0.25, 0.3) is 0 Å². The molecule has 0 unspecified atom stereocenters. The Morgan fingerprint density at radius 2 is 2.30 bits per heavy atom. The lowest BCUT2D eigenvalue weighted by Crippen LogP contribution is -2.32. The topological polar surface area (TPSA) is 55.1 Å². The van der Waals surface area contributed by atoms with E-state index in [2.05, 4.69) is 5.32 Å². The fraction of sp³-hybridized carbons (Fsp3) is 0.857. The molecule has 0 saturated heterocycles. The maximum absolute atomic E-state index is 10.6.